The molecule has 0 fully saturated rings. The second-order valence-electron chi connectivity index (χ2n) is 3.95. The number of hydrogen-bond acceptors (Lipinski definition) is 3. The topological polar surface area (TPSA) is 58.3 Å². The molecule has 0 aromatic heterocycles. The Morgan fingerprint density at radius 1 is 1.50 bits per heavy atom. The molecule has 4 heteroatoms. The molecule has 90 valence electrons. The van der Waals surface area contributed by atoms with Crippen LogP contribution in [-0.2, 0) is 0 Å². The smallest absolute Gasteiger partial charge is 0.0656 e. The number of anilines is 2. The molecule has 16 heavy (non-hydrogen) atoms. The van der Waals surface area contributed by atoms with Crippen molar-refractivity contribution in [3.05, 3.63) is 22.7 Å². The Hall–Kier alpha value is -0.930. The number of aliphatic hydroxyl groups is 1. The summed E-state index contributed by atoms with van der Waals surface area (Å²) in [6, 6.07) is 3.96. The van der Waals surface area contributed by atoms with E-state index in [1.165, 1.54) is 0 Å². The van der Waals surface area contributed by atoms with Crippen LogP contribution in [0.2, 0.25) is 5.02 Å². The third-order valence-electron chi connectivity index (χ3n) is 2.67. The van der Waals surface area contributed by atoms with Gasteiger partial charge in [-0.2, -0.15) is 0 Å². The average molecular weight is 243 g/mol. The van der Waals surface area contributed by atoms with Gasteiger partial charge in [-0.05, 0) is 37.5 Å². The summed E-state index contributed by atoms with van der Waals surface area (Å²) in [5, 5.41) is 12.9. The Bertz CT molecular complexity index is 355. The quantitative estimate of drug-likeness (QED) is 0.696. The highest BCUT2D eigenvalue weighted by molar-refractivity contribution is 6.33. The van der Waals surface area contributed by atoms with E-state index < -0.39 is 0 Å². The first-order valence-corrected chi connectivity index (χ1v) is 5.89. The molecule has 1 unspecified atom stereocenters. The third-order valence-corrected chi connectivity index (χ3v) is 3.00. The maximum absolute atomic E-state index is 8.93. The molecule has 1 atom stereocenters. The van der Waals surface area contributed by atoms with Crippen LogP contribution < -0.4 is 11.1 Å². The second-order valence-corrected chi connectivity index (χ2v) is 4.36. The summed E-state index contributed by atoms with van der Waals surface area (Å²) >= 11 is 5.98. The highest BCUT2D eigenvalue weighted by Crippen LogP contribution is 2.27. The number of nitrogen functional groups attached to an aromatic ring is 1. The number of aliphatic hydroxyl groups excluding tert-OH is 1. The summed E-state index contributed by atoms with van der Waals surface area (Å²) in [4.78, 5) is 0. The monoisotopic (exact) mass is 242 g/mol. The highest BCUT2D eigenvalue weighted by Gasteiger charge is 2.08. The summed E-state index contributed by atoms with van der Waals surface area (Å²) in [5.41, 5.74) is 8.36. The van der Waals surface area contributed by atoms with Crippen molar-refractivity contribution in [3.8, 4) is 0 Å². The van der Waals surface area contributed by atoms with Gasteiger partial charge in [0, 0.05) is 18.3 Å². The number of nitrogens with two attached hydrogens (primary N) is 1. The van der Waals surface area contributed by atoms with Gasteiger partial charge in [0.25, 0.3) is 0 Å². The van der Waals surface area contributed by atoms with Crippen LogP contribution in [0.5, 0.6) is 0 Å². The molecule has 0 spiro atoms. The van der Waals surface area contributed by atoms with Gasteiger partial charge in [0.05, 0.1) is 10.7 Å². The molecule has 0 heterocycles. The molecule has 1 aromatic rings. The minimum atomic E-state index is 0.188. The molecule has 0 saturated heterocycles. The molecule has 0 bridgehead atoms. The van der Waals surface area contributed by atoms with Crippen molar-refractivity contribution >= 4 is 23.0 Å². The molecular weight excluding hydrogens is 224 g/mol. The lowest BCUT2D eigenvalue weighted by Gasteiger charge is -2.19. The van der Waals surface area contributed by atoms with Gasteiger partial charge >= 0.3 is 0 Å². The summed E-state index contributed by atoms with van der Waals surface area (Å²) in [6.45, 7) is 4.26. The minimum absolute atomic E-state index is 0.188. The van der Waals surface area contributed by atoms with Crippen molar-refractivity contribution in [3.63, 3.8) is 0 Å². The van der Waals surface area contributed by atoms with Gasteiger partial charge in [-0.25, -0.2) is 0 Å². The van der Waals surface area contributed by atoms with Crippen molar-refractivity contribution in [1.82, 2.24) is 0 Å². The van der Waals surface area contributed by atoms with E-state index >= 15 is 0 Å². The van der Waals surface area contributed by atoms with Gasteiger partial charge < -0.3 is 16.2 Å². The highest BCUT2D eigenvalue weighted by atomic mass is 35.5. The van der Waals surface area contributed by atoms with Gasteiger partial charge in [0.15, 0.2) is 0 Å². The summed E-state index contributed by atoms with van der Waals surface area (Å²) in [5.74, 6) is 0. The van der Waals surface area contributed by atoms with Crippen molar-refractivity contribution < 1.29 is 5.11 Å². The SMILES string of the molecule is CCC(CCO)Nc1cc(Cl)c(N)cc1C. The van der Waals surface area contributed by atoms with E-state index in [2.05, 4.69) is 12.2 Å². The average Bonchev–Trinajstić information content (AvgIpc) is 2.25. The number of aryl methyl sites for hydroxylation is 1. The van der Waals surface area contributed by atoms with Crippen LogP contribution in [0.4, 0.5) is 11.4 Å². The number of rotatable bonds is 5. The predicted molar refractivity (Wildman–Crippen MR) is 70.0 cm³/mol. The molecule has 3 nitrogen and oxygen atoms in total. The summed E-state index contributed by atoms with van der Waals surface area (Å²) in [7, 11) is 0. The second kappa shape index (κ2) is 5.97. The fraction of sp³-hybridized carbons (Fsp3) is 0.500. The lowest BCUT2D eigenvalue weighted by molar-refractivity contribution is 0.278. The van der Waals surface area contributed by atoms with E-state index in [4.69, 9.17) is 22.4 Å². The van der Waals surface area contributed by atoms with Gasteiger partial charge in [-0.3, -0.25) is 0 Å². The molecule has 0 amide bonds. The van der Waals surface area contributed by atoms with Gasteiger partial charge in [-0.15, -0.1) is 0 Å². The first kappa shape index (κ1) is 13.1. The van der Waals surface area contributed by atoms with E-state index in [1.54, 1.807) is 0 Å². The lowest BCUT2D eigenvalue weighted by atomic mass is 10.1. The van der Waals surface area contributed by atoms with Crippen molar-refractivity contribution in [2.45, 2.75) is 32.7 Å². The standard InChI is InChI=1S/C12H19ClN2O/c1-3-9(4-5-16)15-12-7-10(13)11(14)6-8(12)2/h6-7,9,15-16H,3-5,14H2,1-2H3. The zero-order valence-corrected chi connectivity index (χ0v) is 10.5. The van der Waals surface area contributed by atoms with E-state index in [1.807, 2.05) is 19.1 Å². The molecule has 1 rings (SSSR count). The first-order chi connectivity index (χ1) is 7.58. The number of hydrogen-bond donors (Lipinski definition) is 3. The Kier molecular flexibility index (Phi) is 4.90. The molecule has 0 saturated carbocycles. The van der Waals surface area contributed by atoms with E-state index in [0.717, 1.165) is 24.1 Å². The van der Waals surface area contributed by atoms with Crippen LogP contribution in [0.1, 0.15) is 25.3 Å². The van der Waals surface area contributed by atoms with Gasteiger partial charge in [0.1, 0.15) is 0 Å². The molecule has 1 aromatic carbocycles. The van der Waals surface area contributed by atoms with Crippen LogP contribution in [0.15, 0.2) is 12.1 Å². The van der Waals surface area contributed by atoms with Crippen LogP contribution in [0.25, 0.3) is 0 Å². The Balaban J connectivity index is 2.83. The minimum Gasteiger partial charge on any atom is -0.398 e. The van der Waals surface area contributed by atoms with Crippen molar-refractivity contribution in [2.24, 2.45) is 0 Å². The molecule has 4 N–H and O–H groups in total. The summed E-state index contributed by atoms with van der Waals surface area (Å²) < 4.78 is 0. The first-order valence-electron chi connectivity index (χ1n) is 5.51. The van der Waals surface area contributed by atoms with Crippen molar-refractivity contribution in [2.75, 3.05) is 17.7 Å². The van der Waals surface area contributed by atoms with Crippen LogP contribution in [0, 0.1) is 6.92 Å². The summed E-state index contributed by atoms with van der Waals surface area (Å²) in [6.07, 6.45) is 1.69. The van der Waals surface area contributed by atoms with Crippen LogP contribution >= 0.6 is 11.6 Å². The fourth-order valence-electron chi connectivity index (χ4n) is 1.61. The van der Waals surface area contributed by atoms with Crippen LogP contribution in [-0.4, -0.2) is 17.8 Å². The van der Waals surface area contributed by atoms with E-state index in [0.29, 0.717) is 10.7 Å². The Morgan fingerprint density at radius 2 is 2.19 bits per heavy atom. The van der Waals surface area contributed by atoms with E-state index in [-0.39, 0.29) is 12.6 Å². The molecule has 0 aliphatic rings. The molecular formula is C12H19ClN2O. The molecule has 0 radical (unpaired) electrons. The number of benzene rings is 1. The largest absolute Gasteiger partial charge is 0.398 e. The molecule has 0 aliphatic carbocycles. The number of halogens is 1. The lowest BCUT2D eigenvalue weighted by Crippen LogP contribution is -2.20. The van der Waals surface area contributed by atoms with Gasteiger partial charge in [-0.1, -0.05) is 18.5 Å². The normalized spacial score (nSPS) is 12.5. The fourth-order valence-corrected chi connectivity index (χ4v) is 1.78. The van der Waals surface area contributed by atoms with Gasteiger partial charge in [0.2, 0.25) is 0 Å². The number of nitrogens with one attached hydrogen (secondary N) is 1. The van der Waals surface area contributed by atoms with E-state index in [9.17, 15) is 0 Å². The van der Waals surface area contributed by atoms with Crippen LogP contribution in [0.3, 0.4) is 0 Å². The third kappa shape index (κ3) is 3.29. The molecule has 0 aliphatic heterocycles. The zero-order chi connectivity index (χ0) is 12.1. The predicted octanol–water partition coefficient (Wildman–Crippen LogP) is 2.80. The Labute approximate surface area is 102 Å². The zero-order valence-electron chi connectivity index (χ0n) is 9.76. The maximum atomic E-state index is 8.93. The Morgan fingerprint density at radius 3 is 2.75 bits per heavy atom. The maximum Gasteiger partial charge on any atom is 0.0656 e. The van der Waals surface area contributed by atoms with Crippen molar-refractivity contribution in [1.29, 1.82) is 0 Å².